The summed E-state index contributed by atoms with van der Waals surface area (Å²) < 4.78 is 5.31. The number of nitrogen functional groups attached to an aromatic ring is 1. The SMILES string of the molecule is Nc1ncc([N+](=O)[O-])c(Oc2cccc(CO)c2)n1. The Kier molecular flexibility index (Phi) is 3.53. The lowest BCUT2D eigenvalue weighted by Gasteiger charge is -2.06. The van der Waals surface area contributed by atoms with E-state index in [0.29, 0.717) is 11.3 Å². The Hall–Kier alpha value is -2.74. The van der Waals surface area contributed by atoms with Crippen LogP contribution in [0.5, 0.6) is 11.6 Å². The van der Waals surface area contributed by atoms with Crippen LogP contribution in [0.15, 0.2) is 30.5 Å². The van der Waals surface area contributed by atoms with Crippen molar-refractivity contribution in [2.24, 2.45) is 0 Å². The monoisotopic (exact) mass is 262 g/mol. The van der Waals surface area contributed by atoms with E-state index >= 15 is 0 Å². The van der Waals surface area contributed by atoms with Crippen molar-refractivity contribution in [3.05, 3.63) is 46.1 Å². The van der Waals surface area contributed by atoms with Crippen molar-refractivity contribution < 1.29 is 14.8 Å². The van der Waals surface area contributed by atoms with Crippen molar-refractivity contribution in [2.45, 2.75) is 6.61 Å². The number of benzene rings is 1. The predicted molar refractivity (Wildman–Crippen MR) is 65.5 cm³/mol. The van der Waals surface area contributed by atoms with Crippen LogP contribution in [0.1, 0.15) is 5.56 Å². The fourth-order valence-corrected chi connectivity index (χ4v) is 1.39. The van der Waals surface area contributed by atoms with Gasteiger partial charge in [-0.1, -0.05) is 12.1 Å². The Morgan fingerprint density at radius 2 is 2.26 bits per heavy atom. The predicted octanol–water partition coefficient (Wildman–Crippen LogP) is 1.25. The van der Waals surface area contributed by atoms with Crippen LogP contribution in [0.4, 0.5) is 11.6 Å². The maximum atomic E-state index is 10.8. The molecule has 8 nitrogen and oxygen atoms in total. The highest BCUT2D eigenvalue weighted by atomic mass is 16.6. The van der Waals surface area contributed by atoms with E-state index in [0.717, 1.165) is 6.20 Å². The van der Waals surface area contributed by atoms with Gasteiger partial charge >= 0.3 is 11.6 Å². The topological polar surface area (TPSA) is 124 Å². The number of nitrogens with two attached hydrogens (primary N) is 1. The zero-order valence-corrected chi connectivity index (χ0v) is 9.68. The first-order valence-corrected chi connectivity index (χ1v) is 5.24. The van der Waals surface area contributed by atoms with Gasteiger partial charge in [0.2, 0.25) is 5.95 Å². The van der Waals surface area contributed by atoms with Gasteiger partial charge in [0.15, 0.2) is 0 Å². The largest absolute Gasteiger partial charge is 0.434 e. The smallest absolute Gasteiger partial charge is 0.349 e. The van der Waals surface area contributed by atoms with Crippen molar-refractivity contribution in [3.63, 3.8) is 0 Å². The summed E-state index contributed by atoms with van der Waals surface area (Å²) in [6.45, 7) is -0.162. The Morgan fingerprint density at radius 1 is 1.47 bits per heavy atom. The minimum atomic E-state index is -0.662. The summed E-state index contributed by atoms with van der Waals surface area (Å²) in [5.41, 5.74) is 5.60. The summed E-state index contributed by atoms with van der Waals surface area (Å²) >= 11 is 0. The average Bonchev–Trinajstić information content (AvgIpc) is 2.38. The van der Waals surface area contributed by atoms with Gasteiger partial charge in [-0.05, 0) is 17.7 Å². The lowest BCUT2D eigenvalue weighted by molar-refractivity contribution is -0.386. The Bertz CT molecular complexity index is 617. The molecule has 0 aliphatic carbocycles. The molecule has 19 heavy (non-hydrogen) atoms. The number of aliphatic hydroxyl groups excluding tert-OH is 1. The van der Waals surface area contributed by atoms with Crippen LogP contribution in [0.2, 0.25) is 0 Å². The molecule has 0 spiro atoms. The van der Waals surface area contributed by atoms with Crippen LogP contribution in [0.25, 0.3) is 0 Å². The molecule has 1 aromatic carbocycles. The Labute approximate surface area is 107 Å². The number of aliphatic hydroxyl groups is 1. The quantitative estimate of drug-likeness (QED) is 0.627. The zero-order chi connectivity index (χ0) is 13.8. The summed E-state index contributed by atoms with van der Waals surface area (Å²) in [4.78, 5) is 17.4. The van der Waals surface area contributed by atoms with Gasteiger partial charge in [0.05, 0.1) is 11.5 Å². The third-order valence-electron chi connectivity index (χ3n) is 2.25. The van der Waals surface area contributed by atoms with Crippen LogP contribution >= 0.6 is 0 Å². The van der Waals surface area contributed by atoms with Crippen molar-refractivity contribution >= 4 is 11.6 Å². The second kappa shape index (κ2) is 5.27. The fourth-order valence-electron chi connectivity index (χ4n) is 1.39. The summed E-state index contributed by atoms with van der Waals surface area (Å²) in [7, 11) is 0. The van der Waals surface area contributed by atoms with E-state index < -0.39 is 4.92 Å². The van der Waals surface area contributed by atoms with Gasteiger partial charge in [0.1, 0.15) is 11.9 Å². The van der Waals surface area contributed by atoms with Gasteiger partial charge in [0, 0.05) is 0 Å². The minimum Gasteiger partial charge on any atom is -0.434 e. The molecule has 0 aliphatic heterocycles. The molecule has 0 saturated heterocycles. The number of aromatic nitrogens is 2. The van der Waals surface area contributed by atoms with E-state index in [1.54, 1.807) is 24.3 Å². The normalized spacial score (nSPS) is 10.2. The first-order valence-electron chi connectivity index (χ1n) is 5.24. The molecule has 0 bridgehead atoms. The number of nitrogens with zero attached hydrogens (tertiary/aromatic N) is 3. The van der Waals surface area contributed by atoms with Crippen molar-refractivity contribution in [2.75, 3.05) is 5.73 Å². The molecule has 0 atom stereocenters. The van der Waals surface area contributed by atoms with Crippen LogP contribution in [-0.2, 0) is 6.61 Å². The van der Waals surface area contributed by atoms with E-state index in [4.69, 9.17) is 15.6 Å². The van der Waals surface area contributed by atoms with E-state index in [-0.39, 0.29) is 24.1 Å². The van der Waals surface area contributed by atoms with Crippen molar-refractivity contribution in [3.8, 4) is 11.6 Å². The molecular weight excluding hydrogens is 252 g/mol. The van der Waals surface area contributed by atoms with Crippen LogP contribution < -0.4 is 10.5 Å². The molecular formula is C11H10N4O4. The summed E-state index contributed by atoms with van der Waals surface area (Å²) in [5, 5.41) is 19.8. The summed E-state index contributed by atoms with van der Waals surface area (Å²) in [6, 6.07) is 6.47. The maximum absolute atomic E-state index is 10.8. The van der Waals surface area contributed by atoms with E-state index in [1.807, 2.05) is 0 Å². The van der Waals surface area contributed by atoms with Gasteiger partial charge < -0.3 is 15.6 Å². The standard InChI is InChI=1S/C11H10N4O4/c12-11-13-5-9(15(17)18)10(14-11)19-8-3-1-2-7(4-8)6-16/h1-5,16H,6H2,(H2,12,13,14). The molecule has 1 heterocycles. The average molecular weight is 262 g/mol. The fraction of sp³-hybridized carbons (Fsp3) is 0.0909. The molecule has 0 amide bonds. The number of hydrogen-bond acceptors (Lipinski definition) is 7. The second-order valence-corrected chi connectivity index (χ2v) is 3.58. The Balaban J connectivity index is 2.36. The molecule has 0 fully saturated rings. The number of rotatable bonds is 4. The van der Waals surface area contributed by atoms with E-state index in [9.17, 15) is 10.1 Å². The van der Waals surface area contributed by atoms with Gasteiger partial charge in [-0.15, -0.1) is 0 Å². The summed E-state index contributed by atoms with van der Waals surface area (Å²) in [5.74, 6) is -0.0562. The van der Waals surface area contributed by atoms with Gasteiger partial charge in [-0.25, -0.2) is 4.98 Å². The van der Waals surface area contributed by atoms with Gasteiger partial charge in [0.25, 0.3) is 0 Å². The van der Waals surface area contributed by atoms with Crippen LogP contribution in [0.3, 0.4) is 0 Å². The third kappa shape index (κ3) is 2.93. The molecule has 0 radical (unpaired) electrons. The molecule has 2 rings (SSSR count). The molecule has 98 valence electrons. The van der Waals surface area contributed by atoms with E-state index in [2.05, 4.69) is 9.97 Å². The first kappa shape index (κ1) is 12.7. The summed E-state index contributed by atoms with van der Waals surface area (Å²) in [6.07, 6.45) is 0.980. The second-order valence-electron chi connectivity index (χ2n) is 3.58. The van der Waals surface area contributed by atoms with Gasteiger partial charge in [-0.2, -0.15) is 4.98 Å². The highest BCUT2D eigenvalue weighted by Gasteiger charge is 2.19. The highest BCUT2D eigenvalue weighted by molar-refractivity contribution is 5.44. The minimum absolute atomic E-state index is 0.126. The lowest BCUT2D eigenvalue weighted by Crippen LogP contribution is -2.01. The third-order valence-corrected chi connectivity index (χ3v) is 2.25. The number of anilines is 1. The van der Waals surface area contributed by atoms with Crippen molar-refractivity contribution in [1.82, 2.24) is 9.97 Å². The molecule has 0 aliphatic rings. The molecule has 0 unspecified atom stereocenters. The molecule has 3 N–H and O–H groups in total. The van der Waals surface area contributed by atoms with Crippen LogP contribution in [0, 0.1) is 10.1 Å². The number of hydrogen-bond donors (Lipinski definition) is 2. The number of ether oxygens (including phenoxy) is 1. The Morgan fingerprint density at radius 3 is 2.95 bits per heavy atom. The van der Waals surface area contributed by atoms with Crippen molar-refractivity contribution in [1.29, 1.82) is 0 Å². The van der Waals surface area contributed by atoms with E-state index in [1.165, 1.54) is 0 Å². The van der Waals surface area contributed by atoms with Crippen LogP contribution in [-0.4, -0.2) is 20.0 Å². The molecule has 8 heteroatoms. The lowest BCUT2D eigenvalue weighted by atomic mass is 10.2. The molecule has 2 aromatic rings. The number of nitro groups is 1. The zero-order valence-electron chi connectivity index (χ0n) is 9.68. The highest BCUT2D eigenvalue weighted by Crippen LogP contribution is 2.29. The molecule has 1 aromatic heterocycles. The maximum Gasteiger partial charge on any atom is 0.349 e. The van der Waals surface area contributed by atoms with Gasteiger partial charge in [-0.3, -0.25) is 10.1 Å². The first-order chi connectivity index (χ1) is 9.10. The molecule has 0 saturated carbocycles.